The van der Waals surface area contributed by atoms with Crippen molar-refractivity contribution in [3.8, 4) is 0 Å². The molecule has 0 fully saturated rings. The normalized spacial score (nSPS) is 12.9. The lowest BCUT2D eigenvalue weighted by Gasteiger charge is -2.38. The molecule has 90 valence electrons. The first kappa shape index (κ1) is 13.2. The van der Waals surface area contributed by atoms with Gasteiger partial charge in [0.05, 0.1) is 23.1 Å². The Morgan fingerprint density at radius 1 is 1.38 bits per heavy atom. The van der Waals surface area contributed by atoms with E-state index in [0.29, 0.717) is 5.59 Å². The molecule has 0 aliphatic rings. The zero-order valence-electron chi connectivity index (χ0n) is 10.4. The van der Waals surface area contributed by atoms with Crippen LogP contribution in [0, 0.1) is 0 Å². The Morgan fingerprint density at radius 2 is 1.94 bits per heavy atom. The van der Waals surface area contributed by atoms with Gasteiger partial charge < -0.3 is 19.4 Å². The van der Waals surface area contributed by atoms with Crippen molar-refractivity contribution < 1.29 is 14.8 Å². The number of hydrogen-bond acceptors (Lipinski definition) is 4. The maximum atomic E-state index is 9.88. The Kier molecular flexibility index (Phi) is 3.47. The monoisotopic (exact) mass is 226 g/mol. The molecule has 1 aromatic heterocycles. The van der Waals surface area contributed by atoms with E-state index in [9.17, 15) is 10.1 Å². The van der Waals surface area contributed by atoms with Gasteiger partial charge in [-0.3, -0.25) is 0 Å². The van der Waals surface area contributed by atoms with Crippen LogP contribution in [-0.2, 0) is 11.7 Å². The van der Waals surface area contributed by atoms with Gasteiger partial charge in [0.1, 0.15) is 0 Å². The minimum absolute atomic E-state index is 0.430. The van der Waals surface area contributed by atoms with Gasteiger partial charge in [0.15, 0.2) is 0 Å². The fraction of sp³-hybridized carbons (Fsp3) is 0.700. The van der Waals surface area contributed by atoms with E-state index in [1.165, 1.54) is 0 Å². The number of imidazole rings is 1. The SMILES string of the molecule is Cn1cnc(B(O)OC(C)(C)C(C)(C)O)c1. The lowest BCUT2D eigenvalue weighted by molar-refractivity contribution is -0.0983. The first-order valence-electron chi connectivity index (χ1n) is 5.19. The molecule has 0 atom stereocenters. The van der Waals surface area contributed by atoms with Gasteiger partial charge in [-0.25, -0.2) is 4.98 Å². The van der Waals surface area contributed by atoms with Gasteiger partial charge in [-0.15, -0.1) is 0 Å². The highest BCUT2D eigenvalue weighted by Gasteiger charge is 2.40. The summed E-state index contributed by atoms with van der Waals surface area (Å²) in [5, 5.41) is 19.7. The van der Waals surface area contributed by atoms with Gasteiger partial charge in [-0.1, -0.05) is 0 Å². The van der Waals surface area contributed by atoms with Crippen LogP contribution < -0.4 is 5.59 Å². The number of rotatable bonds is 4. The topological polar surface area (TPSA) is 67.5 Å². The van der Waals surface area contributed by atoms with Crippen molar-refractivity contribution in [2.45, 2.75) is 38.9 Å². The molecule has 0 unspecified atom stereocenters. The molecular formula is C10H19BN2O3. The van der Waals surface area contributed by atoms with Crippen LogP contribution in [0.4, 0.5) is 0 Å². The zero-order valence-corrected chi connectivity index (χ0v) is 10.4. The number of aromatic nitrogens is 2. The van der Waals surface area contributed by atoms with Gasteiger partial charge in [-0.05, 0) is 27.7 Å². The van der Waals surface area contributed by atoms with Crippen molar-refractivity contribution in [1.29, 1.82) is 0 Å². The smallest absolute Gasteiger partial charge is 0.422 e. The van der Waals surface area contributed by atoms with Crippen LogP contribution in [0.2, 0.25) is 0 Å². The minimum atomic E-state index is -1.14. The van der Waals surface area contributed by atoms with Crippen molar-refractivity contribution in [2.24, 2.45) is 7.05 Å². The molecule has 1 rings (SSSR count). The van der Waals surface area contributed by atoms with Crippen molar-refractivity contribution in [1.82, 2.24) is 9.55 Å². The van der Waals surface area contributed by atoms with E-state index in [2.05, 4.69) is 4.98 Å². The van der Waals surface area contributed by atoms with E-state index in [1.807, 2.05) is 7.05 Å². The second-order valence-corrected chi connectivity index (χ2v) is 5.00. The summed E-state index contributed by atoms with van der Waals surface area (Å²) in [6.45, 7) is 6.72. The van der Waals surface area contributed by atoms with Crippen molar-refractivity contribution in [2.75, 3.05) is 0 Å². The Hall–Kier alpha value is -0.845. The molecule has 5 nitrogen and oxygen atoms in total. The molecule has 16 heavy (non-hydrogen) atoms. The molecule has 0 amide bonds. The van der Waals surface area contributed by atoms with Gasteiger partial charge in [-0.2, -0.15) is 0 Å². The summed E-state index contributed by atoms with van der Waals surface area (Å²) in [7, 11) is 0.673. The molecule has 0 bridgehead atoms. The second-order valence-electron chi connectivity index (χ2n) is 5.00. The Labute approximate surface area is 96.2 Å². The predicted molar refractivity (Wildman–Crippen MR) is 62.3 cm³/mol. The number of aryl methyl sites for hydroxylation is 1. The van der Waals surface area contributed by atoms with Crippen molar-refractivity contribution in [3.63, 3.8) is 0 Å². The van der Waals surface area contributed by atoms with Gasteiger partial charge in [0, 0.05) is 13.2 Å². The summed E-state index contributed by atoms with van der Waals surface area (Å²) in [4.78, 5) is 3.99. The third-order valence-electron chi connectivity index (χ3n) is 2.86. The van der Waals surface area contributed by atoms with E-state index in [-0.39, 0.29) is 0 Å². The highest BCUT2D eigenvalue weighted by molar-refractivity contribution is 6.59. The third kappa shape index (κ3) is 2.84. The van der Waals surface area contributed by atoms with Crippen LogP contribution >= 0.6 is 0 Å². The van der Waals surface area contributed by atoms with E-state index in [4.69, 9.17) is 4.65 Å². The van der Waals surface area contributed by atoms with Gasteiger partial charge in [0.2, 0.25) is 0 Å². The molecule has 0 radical (unpaired) electrons. The first-order chi connectivity index (χ1) is 7.13. The van der Waals surface area contributed by atoms with E-state index < -0.39 is 18.3 Å². The van der Waals surface area contributed by atoms with Crippen LogP contribution in [0.15, 0.2) is 12.5 Å². The number of hydrogen-bond donors (Lipinski definition) is 2. The highest BCUT2D eigenvalue weighted by atomic mass is 16.5. The molecule has 1 heterocycles. The Bertz CT molecular complexity index is 357. The first-order valence-corrected chi connectivity index (χ1v) is 5.19. The average Bonchev–Trinajstić information content (AvgIpc) is 2.48. The molecule has 0 aliphatic carbocycles. The minimum Gasteiger partial charge on any atom is -0.422 e. The second kappa shape index (κ2) is 4.20. The van der Waals surface area contributed by atoms with Gasteiger partial charge in [0.25, 0.3) is 0 Å². The van der Waals surface area contributed by atoms with E-state index >= 15 is 0 Å². The maximum absolute atomic E-state index is 9.88. The van der Waals surface area contributed by atoms with E-state index in [0.717, 1.165) is 0 Å². The van der Waals surface area contributed by atoms with Crippen molar-refractivity contribution in [3.05, 3.63) is 12.5 Å². The molecule has 2 N–H and O–H groups in total. The summed E-state index contributed by atoms with van der Waals surface area (Å²) in [6.07, 6.45) is 3.25. The lowest BCUT2D eigenvalue weighted by atomic mass is 9.81. The molecule has 0 spiro atoms. The summed E-state index contributed by atoms with van der Waals surface area (Å²) in [5.74, 6) is 0. The third-order valence-corrected chi connectivity index (χ3v) is 2.86. The van der Waals surface area contributed by atoms with Crippen LogP contribution in [0.3, 0.4) is 0 Å². The van der Waals surface area contributed by atoms with Crippen molar-refractivity contribution >= 4 is 12.7 Å². The van der Waals surface area contributed by atoms with Crippen LogP contribution in [0.25, 0.3) is 0 Å². The van der Waals surface area contributed by atoms with Crippen LogP contribution in [0.1, 0.15) is 27.7 Å². The maximum Gasteiger partial charge on any atom is 0.512 e. The molecule has 0 aromatic carbocycles. The predicted octanol–water partition coefficient (Wildman–Crippen LogP) is -0.326. The number of nitrogens with zero attached hydrogens (tertiary/aromatic N) is 2. The number of aliphatic hydroxyl groups is 1. The lowest BCUT2D eigenvalue weighted by Crippen LogP contribution is -2.53. The fourth-order valence-electron chi connectivity index (χ4n) is 1.04. The molecule has 1 aromatic rings. The summed E-state index contributed by atoms with van der Waals surface area (Å²) < 4.78 is 7.15. The van der Waals surface area contributed by atoms with Gasteiger partial charge >= 0.3 is 7.12 Å². The molecule has 0 saturated carbocycles. The summed E-state index contributed by atoms with van der Waals surface area (Å²) in [6, 6.07) is 0. The standard InChI is InChI=1S/C10H19BN2O3/c1-9(2,14)10(3,4)16-11(15)8-6-13(5)7-12-8/h6-7,14-15H,1-5H3. The Morgan fingerprint density at radius 3 is 2.31 bits per heavy atom. The fourth-order valence-corrected chi connectivity index (χ4v) is 1.04. The average molecular weight is 226 g/mol. The largest absolute Gasteiger partial charge is 0.512 e. The molecular weight excluding hydrogens is 207 g/mol. The quantitative estimate of drug-likeness (QED) is 0.690. The summed E-state index contributed by atoms with van der Waals surface area (Å²) in [5.41, 5.74) is -1.49. The van der Waals surface area contributed by atoms with E-state index in [1.54, 1.807) is 44.8 Å². The summed E-state index contributed by atoms with van der Waals surface area (Å²) >= 11 is 0. The van der Waals surface area contributed by atoms with Crippen LogP contribution in [0.5, 0.6) is 0 Å². The highest BCUT2D eigenvalue weighted by Crippen LogP contribution is 2.25. The molecule has 6 heteroatoms. The zero-order chi connectivity index (χ0) is 12.6. The Balaban J connectivity index is 2.75. The van der Waals surface area contributed by atoms with Crippen LogP contribution in [-0.4, -0.2) is 38.0 Å². The molecule has 0 aliphatic heterocycles. The molecule has 0 saturated heterocycles.